The molecule has 3 aliphatic heterocycles. The van der Waals surface area contributed by atoms with Crippen LogP contribution in [0.25, 0.3) is 0 Å². The van der Waals surface area contributed by atoms with E-state index in [-0.39, 0.29) is 12.5 Å². The van der Waals surface area contributed by atoms with E-state index in [1.165, 1.54) is 6.26 Å². The van der Waals surface area contributed by atoms with Gasteiger partial charge in [-0.05, 0) is 17.4 Å². The highest BCUT2D eigenvalue weighted by molar-refractivity contribution is 7.88. The summed E-state index contributed by atoms with van der Waals surface area (Å²) in [4.78, 5) is 13.4. The van der Waals surface area contributed by atoms with Crippen LogP contribution in [-0.2, 0) is 19.6 Å². The Labute approximate surface area is 173 Å². The Balaban J connectivity index is 0.000000755. The lowest BCUT2D eigenvalue weighted by molar-refractivity contribution is -0.122. The first-order valence-corrected chi connectivity index (χ1v) is 11.9. The first-order chi connectivity index (χ1) is 13.9. The van der Waals surface area contributed by atoms with E-state index in [4.69, 9.17) is 14.6 Å². The molecule has 3 heterocycles. The highest BCUT2D eigenvalue weighted by atomic mass is 32.2. The number of carbonyl (C=O) groups is 1. The van der Waals surface area contributed by atoms with Crippen LogP contribution >= 0.6 is 0 Å². The van der Waals surface area contributed by atoms with Crippen LogP contribution < -0.4 is 0 Å². The standard InChI is InChI=1S/C19H29N3O3S.CH2O2/c1-26(23,24)22-14-17-13-21(8-7-20-9-11-25-12-10-20)15-18(17)19(22)16-5-3-2-4-6-16;2-1-3/h2-6,17-19H,7-15H2,1H3;1H,(H,2,3)/t17-,18-,19+;/m1./s1. The van der Waals surface area contributed by atoms with Crippen molar-refractivity contribution in [2.24, 2.45) is 11.8 Å². The largest absolute Gasteiger partial charge is 0.483 e. The summed E-state index contributed by atoms with van der Waals surface area (Å²) >= 11 is 0. The van der Waals surface area contributed by atoms with Gasteiger partial charge in [0.1, 0.15) is 0 Å². The van der Waals surface area contributed by atoms with Crippen molar-refractivity contribution in [3.63, 3.8) is 0 Å². The van der Waals surface area contributed by atoms with Crippen molar-refractivity contribution in [2.75, 3.05) is 65.3 Å². The Morgan fingerprint density at radius 3 is 2.31 bits per heavy atom. The van der Waals surface area contributed by atoms with Gasteiger partial charge in [0.15, 0.2) is 0 Å². The van der Waals surface area contributed by atoms with E-state index < -0.39 is 10.0 Å². The summed E-state index contributed by atoms with van der Waals surface area (Å²) in [6.45, 7) is 8.25. The first kappa shape index (κ1) is 22.2. The second kappa shape index (κ2) is 9.99. The van der Waals surface area contributed by atoms with Gasteiger partial charge in [-0.1, -0.05) is 30.3 Å². The van der Waals surface area contributed by atoms with Gasteiger partial charge in [0.05, 0.1) is 25.5 Å². The smallest absolute Gasteiger partial charge is 0.290 e. The SMILES string of the molecule is CS(=O)(=O)N1C[C@H]2CN(CCN3CCOCC3)C[C@H]2[C@@H]1c1ccccc1.O=CO. The fraction of sp³-hybridized carbons (Fsp3) is 0.650. The van der Waals surface area contributed by atoms with Gasteiger partial charge in [0.25, 0.3) is 6.47 Å². The minimum absolute atomic E-state index is 0.0235. The number of carboxylic acid groups (broad SMARTS) is 1. The zero-order valence-electron chi connectivity index (χ0n) is 16.9. The van der Waals surface area contributed by atoms with Crippen molar-refractivity contribution >= 4 is 16.5 Å². The predicted octanol–water partition coefficient (Wildman–Crippen LogP) is 0.584. The summed E-state index contributed by atoms with van der Waals surface area (Å²) in [7, 11) is -3.20. The van der Waals surface area contributed by atoms with Gasteiger partial charge in [-0.2, -0.15) is 4.31 Å². The fourth-order valence-electron chi connectivity index (χ4n) is 4.79. The maximum atomic E-state index is 12.4. The topological polar surface area (TPSA) is 90.4 Å². The molecule has 3 atom stereocenters. The fourth-order valence-corrected chi connectivity index (χ4v) is 5.95. The number of hydrogen-bond donors (Lipinski definition) is 1. The van der Waals surface area contributed by atoms with Crippen molar-refractivity contribution in [1.82, 2.24) is 14.1 Å². The van der Waals surface area contributed by atoms with Crippen LogP contribution in [0.2, 0.25) is 0 Å². The average molecular weight is 426 g/mol. The molecule has 8 nitrogen and oxygen atoms in total. The maximum Gasteiger partial charge on any atom is 0.290 e. The molecule has 1 aromatic rings. The summed E-state index contributed by atoms with van der Waals surface area (Å²) < 4.78 is 31.9. The van der Waals surface area contributed by atoms with Gasteiger partial charge >= 0.3 is 0 Å². The highest BCUT2D eigenvalue weighted by Crippen LogP contribution is 2.45. The van der Waals surface area contributed by atoms with E-state index in [9.17, 15) is 8.42 Å². The van der Waals surface area contributed by atoms with Gasteiger partial charge in [0.2, 0.25) is 10.0 Å². The molecule has 29 heavy (non-hydrogen) atoms. The van der Waals surface area contributed by atoms with E-state index in [0.29, 0.717) is 18.4 Å². The third kappa shape index (κ3) is 5.55. The molecule has 0 bridgehead atoms. The summed E-state index contributed by atoms with van der Waals surface area (Å²) in [6, 6.07) is 10.1. The lowest BCUT2D eigenvalue weighted by Gasteiger charge is -2.30. The summed E-state index contributed by atoms with van der Waals surface area (Å²) in [5, 5.41) is 6.89. The van der Waals surface area contributed by atoms with Crippen molar-refractivity contribution in [3.8, 4) is 0 Å². The van der Waals surface area contributed by atoms with Crippen LogP contribution in [0.4, 0.5) is 0 Å². The number of fused-ring (bicyclic) bond motifs is 1. The van der Waals surface area contributed by atoms with Gasteiger partial charge in [-0.3, -0.25) is 9.69 Å². The molecular weight excluding hydrogens is 394 g/mol. The van der Waals surface area contributed by atoms with E-state index in [0.717, 1.165) is 58.0 Å². The lowest BCUT2D eigenvalue weighted by atomic mass is 9.90. The number of sulfonamides is 1. The van der Waals surface area contributed by atoms with Crippen LogP contribution in [0.3, 0.4) is 0 Å². The molecule has 0 spiro atoms. The lowest BCUT2D eigenvalue weighted by Crippen LogP contribution is -2.42. The quantitative estimate of drug-likeness (QED) is 0.691. The van der Waals surface area contributed by atoms with Crippen LogP contribution in [0.5, 0.6) is 0 Å². The minimum Gasteiger partial charge on any atom is -0.483 e. The summed E-state index contributed by atoms with van der Waals surface area (Å²) in [6.07, 6.45) is 1.35. The molecule has 0 unspecified atom stereocenters. The molecule has 3 saturated heterocycles. The molecule has 1 aromatic carbocycles. The predicted molar refractivity (Wildman–Crippen MR) is 110 cm³/mol. The Morgan fingerprint density at radius 2 is 1.69 bits per heavy atom. The van der Waals surface area contributed by atoms with E-state index >= 15 is 0 Å². The van der Waals surface area contributed by atoms with Crippen molar-refractivity contribution < 1.29 is 23.1 Å². The molecule has 1 N–H and O–H groups in total. The van der Waals surface area contributed by atoms with Crippen molar-refractivity contribution in [3.05, 3.63) is 35.9 Å². The van der Waals surface area contributed by atoms with Crippen LogP contribution in [0.1, 0.15) is 11.6 Å². The number of morpholine rings is 1. The van der Waals surface area contributed by atoms with Crippen molar-refractivity contribution in [2.45, 2.75) is 6.04 Å². The molecule has 0 aromatic heterocycles. The number of nitrogens with zero attached hydrogens (tertiary/aromatic N) is 3. The zero-order valence-corrected chi connectivity index (χ0v) is 17.7. The van der Waals surface area contributed by atoms with Crippen LogP contribution in [-0.4, -0.2) is 99.4 Å². The van der Waals surface area contributed by atoms with Gasteiger partial charge in [-0.25, -0.2) is 8.42 Å². The second-order valence-corrected chi connectivity index (χ2v) is 9.87. The molecular formula is C20H31N3O5S. The first-order valence-electron chi connectivity index (χ1n) is 10.1. The third-order valence-electron chi connectivity index (χ3n) is 6.10. The maximum absolute atomic E-state index is 12.4. The summed E-state index contributed by atoms with van der Waals surface area (Å²) in [5.74, 6) is 0.816. The zero-order chi connectivity index (χ0) is 20.9. The molecule has 4 rings (SSSR count). The number of benzene rings is 1. The molecule has 3 fully saturated rings. The van der Waals surface area contributed by atoms with Crippen LogP contribution in [0.15, 0.2) is 30.3 Å². The Hall–Kier alpha value is -1.52. The molecule has 0 saturated carbocycles. The number of rotatable bonds is 5. The normalized spacial score (nSPS) is 28.5. The van der Waals surface area contributed by atoms with Gasteiger partial charge < -0.3 is 14.7 Å². The molecule has 0 aliphatic carbocycles. The number of ether oxygens (including phenoxy) is 1. The molecule has 0 radical (unpaired) electrons. The molecule has 9 heteroatoms. The average Bonchev–Trinajstić information content (AvgIpc) is 3.26. The number of likely N-dealkylation sites (tertiary alicyclic amines) is 1. The minimum atomic E-state index is -3.20. The van der Waals surface area contributed by atoms with Crippen LogP contribution in [0, 0.1) is 11.8 Å². The Morgan fingerprint density at radius 1 is 1.07 bits per heavy atom. The highest BCUT2D eigenvalue weighted by Gasteiger charge is 2.50. The summed E-state index contributed by atoms with van der Waals surface area (Å²) in [5.41, 5.74) is 1.13. The monoisotopic (exact) mass is 425 g/mol. The molecule has 162 valence electrons. The van der Waals surface area contributed by atoms with E-state index in [1.807, 2.05) is 18.2 Å². The third-order valence-corrected chi connectivity index (χ3v) is 7.33. The van der Waals surface area contributed by atoms with Gasteiger partial charge in [-0.15, -0.1) is 0 Å². The Bertz CT molecular complexity index is 755. The number of hydrogen-bond acceptors (Lipinski definition) is 6. The molecule has 0 amide bonds. The molecule has 3 aliphatic rings. The van der Waals surface area contributed by atoms with Gasteiger partial charge in [0, 0.05) is 45.8 Å². The van der Waals surface area contributed by atoms with E-state index in [1.54, 1.807) is 4.31 Å². The Kier molecular flexibility index (Phi) is 7.64. The van der Waals surface area contributed by atoms with E-state index in [2.05, 4.69) is 21.9 Å². The van der Waals surface area contributed by atoms with Crippen molar-refractivity contribution in [1.29, 1.82) is 0 Å². The second-order valence-electron chi connectivity index (χ2n) is 7.93.